The normalized spacial score (nSPS) is 10.5. The van der Waals surface area contributed by atoms with Crippen LogP contribution in [-0.4, -0.2) is 26.3 Å². The number of nitrogens with zero attached hydrogens (tertiary/aromatic N) is 2. The quantitative estimate of drug-likeness (QED) is 0.766. The fraction of sp³-hybridized carbons (Fsp3) is 0. The molecule has 3 rings (SSSR count). The van der Waals surface area contributed by atoms with E-state index in [-0.39, 0.29) is 23.0 Å². The van der Waals surface area contributed by atoms with Gasteiger partial charge in [-0.2, -0.15) is 4.98 Å². The standard InChI is InChI=1S/C15H10N2O4/c18-12-7-2-1-6-11(12)14-16-13(17-21-14)9-4-3-5-10(8-9)15(19)20/h1-8,18H,(H,19,20). The molecule has 2 aromatic carbocycles. The maximum Gasteiger partial charge on any atom is 0.335 e. The van der Waals surface area contributed by atoms with E-state index in [0.717, 1.165) is 0 Å². The number of hydrogen-bond donors (Lipinski definition) is 2. The number of carboxylic acid groups (broad SMARTS) is 1. The molecule has 2 N–H and O–H groups in total. The molecule has 0 aliphatic heterocycles. The number of phenolic OH excluding ortho intramolecular Hbond substituents is 1. The van der Waals surface area contributed by atoms with E-state index in [1.54, 1.807) is 30.3 Å². The van der Waals surface area contributed by atoms with E-state index in [4.69, 9.17) is 9.63 Å². The number of carbonyl (C=O) groups is 1. The molecule has 0 bridgehead atoms. The smallest absolute Gasteiger partial charge is 0.335 e. The molecule has 0 spiro atoms. The summed E-state index contributed by atoms with van der Waals surface area (Å²) in [5.41, 5.74) is 1.09. The second-order valence-corrected chi connectivity index (χ2v) is 4.33. The molecule has 0 aliphatic carbocycles. The van der Waals surface area contributed by atoms with E-state index in [1.165, 1.54) is 18.2 Å². The van der Waals surface area contributed by atoms with Crippen LogP contribution in [0.5, 0.6) is 5.75 Å². The lowest BCUT2D eigenvalue weighted by Crippen LogP contribution is -1.96. The lowest BCUT2D eigenvalue weighted by molar-refractivity contribution is 0.0697. The SMILES string of the molecule is O=C(O)c1cccc(-c2noc(-c3ccccc3O)n2)c1. The molecule has 0 atom stereocenters. The highest BCUT2D eigenvalue weighted by Crippen LogP contribution is 2.29. The molecule has 0 saturated carbocycles. The van der Waals surface area contributed by atoms with Gasteiger partial charge in [-0.15, -0.1) is 0 Å². The van der Waals surface area contributed by atoms with E-state index in [0.29, 0.717) is 11.1 Å². The van der Waals surface area contributed by atoms with Crippen LogP contribution < -0.4 is 0 Å². The van der Waals surface area contributed by atoms with Crippen molar-refractivity contribution in [2.45, 2.75) is 0 Å². The topological polar surface area (TPSA) is 96.5 Å². The average Bonchev–Trinajstić information content (AvgIpc) is 2.97. The number of rotatable bonds is 3. The van der Waals surface area contributed by atoms with Crippen molar-refractivity contribution in [1.29, 1.82) is 0 Å². The molecular weight excluding hydrogens is 272 g/mol. The number of hydrogen-bond acceptors (Lipinski definition) is 5. The first-order chi connectivity index (χ1) is 10.1. The largest absolute Gasteiger partial charge is 0.507 e. The molecule has 0 amide bonds. The maximum absolute atomic E-state index is 11.0. The molecular formula is C15H10N2O4. The highest BCUT2D eigenvalue weighted by molar-refractivity contribution is 5.89. The van der Waals surface area contributed by atoms with Gasteiger partial charge in [-0.3, -0.25) is 0 Å². The Morgan fingerprint density at radius 2 is 1.90 bits per heavy atom. The summed E-state index contributed by atoms with van der Waals surface area (Å²) in [6.07, 6.45) is 0. The summed E-state index contributed by atoms with van der Waals surface area (Å²) in [7, 11) is 0. The van der Waals surface area contributed by atoms with Gasteiger partial charge in [0.1, 0.15) is 5.75 Å². The fourth-order valence-corrected chi connectivity index (χ4v) is 1.90. The van der Waals surface area contributed by atoms with Gasteiger partial charge in [0.05, 0.1) is 11.1 Å². The molecule has 0 aliphatic rings. The zero-order valence-corrected chi connectivity index (χ0v) is 10.7. The Kier molecular flexibility index (Phi) is 3.12. The van der Waals surface area contributed by atoms with Crippen LogP contribution in [0.1, 0.15) is 10.4 Å². The van der Waals surface area contributed by atoms with Crippen LogP contribution >= 0.6 is 0 Å². The minimum atomic E-state index is -1.03. The van der Waals surface area contributed by atoms with Crippen molar-refractivity contribution in [3.05, 3.63) is 54.1 Å². The van der Waals surface area contributed by atoms with Crippen LogP contribution in [0.3, 0.4) is 0 Å². The van der Waals surface area contributed by atoms with Gasteiger partial charge in [-0.1, -0.05) is 29.4 Å². The van der Waals surface area contributed by atoms with Crippen LogP contribution in [-0.2, 0) is 0 Å². The highest BCUT2D eigenvalue weighted by atomic mass is 16.5. The summed E-state index contributed by atoms with van der Waals surface area (Å²) < 4.78 is 5.12. The Morgan fingerprint density at radius 1 is 1.10 bits per heavy atom. The molecule has 6 heteroatoms. The number of benzene rings is 2. The summed E-state index contributed by atoms with van der Waals surface area (Å²) in [6, 6.07) is 12.8. The fourth-order valence-electron chi connectivity index (χ4n) is 1.90. The Bertz CT molecular complexity index is 811. The Balaban J connectivity index is 2.01. The highest BCUT2D eigenvalue weighted by Gasteiger charge is 2.14. The molecule has 1 aromatic heterocycles. The van der Waals surface area contributed by atoms with Gasteiger partial charge in [0, 0.05) is 5.56 Å². The molecule has 104 valence electrons. The van der Waals surface area contributed by atoms with E-state index in [9.17, 15) is 9.90 Å². The number of aromatic nitrogens is 2. The second kappa shape index (κ2) is 5.09. The molecule has 1 heterocycles. The summed E-state index contributed by atoms with van der Waals surface area (Å²) in [5, 5.41) is 22.5. The van der Waals surface area contributed by atoms with E-state index in [2.05, 4.69) is 10.1 Å². The van der Waals surface area contributed by atoms with Crippen LogP contribution in [0.2, 0.25) is 0 Å². The molecule has 3 aromatic rings. The predicted molar refractivity (Wildman–Crippen MR) is 73.8 cm³/mol. The van der Waals surface area contributed by atoms with Gasteiger partial charge < -0.3 is 14.7 Å². The van der Waals surface area contributed by atoms with E-state index < -0.39 is 5.97 Å². The van der Waals surface area contributed by atoms with Crippen molar-refractivity contribution in [3.8, 4) is 28.6 Å². The first-order valence-electron chi connectivity index (χ1n) is 6.11. The molecule has 0 unspecified atom stereocenters. The Hall–Kier alpha value is -3.15. The third-order valence-electron chi connectivity index (χ3n) is 2.93. The van der Waals surface area contributed by atoms with Crippen LogP contribution in [0.15, 0.2) is 53.1 Å². The second-order valence-electron chi connectivity index (χ2n) is 4.33. The van der Waals surface area contributed by atoms with Gasteiger partial charge in [0.25, 0.3) is 5.89 Å². The zero-order valence-electron chi connectivity index (χ0n) is 10.7. The van der Waals surface area contributed by atoms with Gasteiger partial charge in [-0.25, -0.2) is 4.79 Å². The number of carboxylic acids is 1. The number of aromatic carboxylic acids is 1. The van der Waals surface area contributed by atoms with E-state index >= 15 is 0 Å². The third kappa shape index (κ3) is 2.46. The first kappa shape index (κ1) is 12.9. The zero-order chi connectivity index (χ0) is 14.8. The van der Waals surface area contributed by atoms with E-state index in [1.807, 2.05) is 0 Å². The van der Waals surface area contributed by atoms with Crippen molar-refractivity contribution >= 4 is 5.97 Å². The molecule has 0 saturated heterocycles. The average molecular weight is 282 g/mol. The molecule has 21 heavy (non-hydrogen) atoms. The van der Waals surface area contributed by atoms with Crippen molar-refractivity contribution in [2.24, 2.45) is 0 Å². The van der Waals surface area contributed by atoms with Crippen LogP contribution in [0.25, 0.3) is 22.8 Å². The summed E-state index contributed by atoms with van der Waals surface area (Å²) >= 11 is 0. The minimum absolute atomic E-state index is 0.0342. The molecule has 0 fully saturated rings. The predicted octanol–water partition coefficient (Wildman–Crippen LogP) is 2.81. The number of phenols is 1. The van der Waals surface area contributed by atoms with Gasteiger partial charge in [0.15, 0.2) is 0 Å². The number of para-hydroxylation sites is 1. The van der Waals surface area contributed by atoms with Crippen molar-refractivity contribution in [3.63, 3.8) is 0 Å². The van der Waals surface area contributed by atoms with Crippen LogP contribution in [0, 0.1) is 0 Å². The monoisotopic (exact) mass is 282 g/mol. The molecule has 6 nitrogen and oxygen atoms in total. The third-order valence-corrected chi connectivity index (χ3v) is 2.93. The Morgan fingerprint density at radius 3 is 2.67 bits per heavy atom. The summed E-state index contributed by atoms with van der Waals surface area (Å²) in [6.45, 7) is 0. The van der Waals surface area contributed by atoms with Crippen molar-refractivity contribution in [1.82, 2.24) is 10.1 Å². The van der Waals surface area contributed by atoms with Gasteiger partial charge >= 0.3 is 5.97 Å². The van der Waals surface area contributed by atoms with Crippen molar-refractivity contribution in [2.75, 3.05) is 0 Å². The summed E-state index contributed by atoms with van der Waals surface area (Å²) in [5.74, 6) is -0.562. The van der Waals surface area contributed by atoms with Gasteiger partial charge in [0.2, 0.25) is 5.82 Å². The lowest BCUT2D eigenvalue weighted by atomic mass is 10.1. The number of aromatic hydroxyl groups is 1. The lowest BCUT2D eigenvalue weighted by Gasteiger charge is -1.97. The minimum Gasteiger partial charge on any atom is -0.507 e. The van der Waals surface area contributed by atoms with Gasteiger partial charge in [-0.05, 0) is 24.3 Å². The molecule has 0 radical (unpaired) electrons. The van der Waals surface area contributed by atoms with Crippen LogP contribution in [0.4, 0.5) is 0 Å². The maximum atomic E-state index is 11.0. The summed E-state index contributed by atoms with van der Waals surface area (Å²) in [4.78, 5) is 15.1. The van der Waals surface area contributed by atoms with Crippen molar-refractivity contribution < 1.29 is 19.5 Å². The first-order valence-corrected chi connectivity index (χ1v) is 6.11. The Labute approximate surface area is 119 Å².